The van der Waals surface area contributed by atoms with Gasteiger partial charge in [-0.3, -0.25) is 0 Å². The van der Waals surface area contributed by atoms with E-state index in [9.17, 15) is 8.42 Å². The van der Waals surface area contributed by atoms with Crippen LogP contribution in [-0.2, 0) is 9.84 Å². The van der Waals surface area contributed by atoms with Gasteiger partial charge in [0, 0.05) is 11.8 Å². The maximum absolute atomic E-state index is 11.9. The molecule has 0 aliphatic carbocycles. The fourth-order valence-corrected chi connectivity index (χ4v) is 2.52. The summed E-state index contributed by atoms with van der Waals surface area (Å²) in [6, 6.07) is 3.14. The molecule has 0 fully saturated rings. The Morgan fingerprint density at radius 1 is 1.26 bits per heavy atom. The van der Waals surface area contributed by atoms with E-state index in [0.29, 0.717) is 5.75 Å². The number of methoxy groups -OCH3 is 1. The predicted octanol–water partition coefficient (Wildman–Crippen LogP) is 2.14. The van der Waals surface area contributed by atoms with E-state index in [0.717, 1.165) is 16.7 Å². The van der Waals surface area contributed by atoms with Crippen LogP contribution in [0.3, 0.4) is 0 Å². The van der Waals surface area contributed by atoms with E-state index in [1.54, 1.807) is 21.0 Å². The van der Waals surface area contributed by atoms with Crippen LogP contribution < -0.4 is 10.5 Å². The highest BCUT2D eigenvalue weighted by Gasteiger charge is 2.39. The van der Waals surface area contributed by atoms with Gasteiger partial charge in [0.25, 0.3) is 0 Å². The Morgan fingerprint density at radius 3 is 2.21 bits per heavy atom. The minimum absolute atomic E-state index is 0.642. The Morgan fingerprint density at radius 2 is 1.79 bits per heavy atom. The van der Waals surface area contributed by atoms with Crippen molar-refractivity contribution in [1.29, 1.82) is 0 Å². The maximum Gasteiger partial charge on any atom is 0.154 e. The summed E-state index contributed by atoms with van der Waals surface area (Å²) in [5.41, 5.74) is 8.99. The molecule has 1 atom stereocenters. The molecule has 0 saturated carbocycles. The van der Waals surface area contributed by atoms with Crippen LogP contribution in [0.1, 0.15) is 36.6 Å². The fourth-order valence-electron chi connectivity index (χ4n) is 1.93. The number of nitrogens with two attached hydrogens (primary N) is 1. The van der Waals surface area contributed by atoms with Crippen LogP contribution in [0.2, 0.25) is 0 Å². The monoisotopic (exact) mass is 285 g/mol. The minimum atomic E-state index is -3.28. The van der Waals surface area contributed by atoms with E-state index in [1.807, 2.05) is 26.0 Å². The van der Waals surface area contributed by atoms with Crippen molar-refractivity contribution in [1.82, 2.24) is 0 Å². The first-order valence-electron chi connectivity index (χ1n) is 6.13. The smallest absolute Gasteiger partial charge is 0.154 e. The summed E-state index contributed by atoms with van der Waals surface area (Å²) < 4.78 is 28.2. The lowest BCUT2D eigenvalue weighted by Gasteiger charge is -2.31. The zero-order chi connectivity index (χ0) is 15.0. The molecule has 0 aromatic heterocycles. The van der Waals surface area contributed by atoms with Crippen molar-refractivity contribution in [3.05, 3.63) is 28.8 Å². The maximum atomic E-state index is 11.9. The Balaban J connectivity index is 3.44. The van der Waals surface area contributed by atoms with Gasteiger partial charge in [-0.2, -0.15) is 0 Å². The summed E-state index contributed by atoms with van der Waals surface area (Å²) >= 11 is 0. The number of benzene rings is 1. The molecule has 4 nitrogen and oxygen atoms in total. The molecule has 0 amide bonds. The van der Waals surface area contributed by atoms with E-state index >= 15 is 0 Å². The predicted molar refractivity (Wildman–Crippen MR) is 78.3 cm³/mol. The standard InChI is InChI=1S/C14H23NO3S/c1-9-7-8-11(12(18-5)10(9)2)13(15)14(3,4)19(6,16)17/h7-8,13H,15H2,1-6H3. The summed E-state index contributed by atoms with van der Waals surface area (Å²) in [5.74, 6) is 0.671. The summed E-state index contributed by atoms with van der Waals surface area (Å²) in [6.45, 7) is 7.20. The zero-order valence-corrected chi connectivity index (χ0v) is 13.3. The lowest BCUT2D eigenvalue weighted by atomic mass is 9.92. The molecule has 1 unspecified atom stereocenters. The molecule has 0 spiro atoms. The first kappa shape index (κ1) is 16.0. The highest BCUT2D eigenvalue weighted by Crippen LogP contribution is 2.37. The second kappa shape index (κ2) is 5.13. The van der Waals surface area contributed by atoms with E-state index < -0.39 is 20.6 Å². The molecule has 0 radical (unpaired) electrons. The van der Waals surface area contributed by atoms with Crippen molar-refractivity contribution in [3.8, 4) is 5.75 Å². The summed E-state index contributed by atoms with van der Waals surface area (Å²) in [4.78, 5) is 0. The topological polar surface area (TPSA) is 69.4 Å². The first-order chi connectivity index (χ1) is 8.54. The van der Waals surface area contributed by atoms with Crippen LogP contribution in [-0.4, -0.2) is 26.5 Å². The van der Waals surface area contributed by atoms with E-state index in [4.69, 9.17) is 10.5 Å². The van der Waals surface area contributed by atoms with Crippen molar-refractivity contribution in [2.45, 2.75) is 38.5 Å². The molecular formula is C14H23NO3S. The second-order valence-electron chi connectivity index (χ2n) is 5.48. The Labute approximate surface area is 115 Å². The van der Waals surface area contributed by atoms with Gasteiger partial charge in [-0.05, 0) is 38.8 Å². The molecule has 1 aromatic rings. The molecule has 5 heteroatoms. The SMILES string of the molecule is COc1c(C(N)C(C)(C)S(C)(=O)=O)ccc(C)c1C. The van der Waals surface area contributed by atoms with E-state index in [2.05, 4.69) is 0 Å². The molecule has 0 aliphatic heterocycles. The second-order valence-corrected chi connectivity index (χ2v) is 8.08. The largest absolute Gasteiger partial charge is 0.496 e. The highest BCUT2D eigenvalue weighted by atomic mass is 32.2. The first-order valence-corrected chi connectivity index (χ1v) is 8.02. The van der Waals surface area contributed by atoms with E-state index in [1.165, 1.54) is 6.26 Å². The average molecular weight is 285 g/mol. The lowest BCUT2D eigenvalue weighted by Crippen LogP contribution is -2.42. The summed E-state index contributed by atoms with van der Waals surface area (Å²) in [7, 11) is -1.70. The lowest BCUT2D eigenvalue weighted by molar-refractivity contribution is 0.394. The molecule has 1 rings (SSSR count). The molecule has 0 heterocycles. The van der Waals surface area contributed by atoms with Gasteiger partial charge >= 0.3 is 0 Å². The molecule has 108 valence electrons. The normalized spacial score (nSPS) is 14.3. The summed E-state index contributed by atoms with van der Waals surface area (Å²) in [6.07, 6.45) is 1.21. The van der Waals surface area contributed by atoms with Gasteiger partial charge in [0.05, 0.1) is 17.9 Å². The number of ether oxygens (including phenoxy) is 1. The van der Waals surface area contributed by atoms with Crippen molar-refractivity contribution in [2.24, 2.45) is 5.73 Å². The van der Waals surface area contributed by atoms with Crippen LogP contribution in [0.25, 0.3) is 0 Å². The molecule has 0 aliphatic rings. The molecule has 1 aromatic carbocycles. The number of hydrogen-bond donors (Lipinski definition) is 1. The Bertz CT molecular complexity index is 577. The van der Waals surface area contributed by atoms with Gasteiger partial charge < -0.3 is 10.5 Å². The van der Waals surface area contributed by atoms with Gasteiger partial charge in [-0.1, -0.05) is 12.1 Å². The number of hydrogen-bond acceptors (Lipinski definition) is 4. The van der Waals surface area contributed by atoms with E-state index in [-0.39, 0.29) is 0 Å². The van der Waals surface area contributed by atoms with Gasteiger partial charge in [-0.25, -0.2) is 8.42 Å². The van der Waals surface area contributed by atoms with Crippen molar-refractivity contribution in [2.75, 3.05) is 13.4 Å². The number of aryl methyl sites for hydroxylation is 1. The third-order valence-electron chi connectivity index (χ3n) is 3.95. The van der Waals surface area contributed by atoms with Crippen molar-refractivity contribution >= 4 is 9.84 Å². The van der Waals surface area contributed by atoms with Crippen LogP contribution in [0.4, 0.5) is 0 Å². The van der Waals surface area contributed by atoms with Crippen LogP contribution in [0, 0.1) is 13.8 Å². The average Bonchev–Trinajstić information content (AvgIpc) is 2.30. The molecule has 0 saturated heterocycles. The van der Waals surface area contributed by atoms with Crippen molar-refractivity contribution in [3.63, 3.8) is 0 Å². The van der Waals surface area contributed by atoms with Gasteiger partial charge in [0.2, 0.25) is 0 Å². The van der Waals surface area contributed by atoms with Gasteiger partial charge in [-0.15, -0.1) is 0 Å². The van der Waals surface area contributed by atoms with Crippen LogP contribution in [0.15, 0.2) is 12.1 Å². The zero-order valence-electron chi connectivity index (χ0n) is 12.4. The van der Waals surface area contributed by atoms with Gasteiger partial charge in [0.1, 0.15) is 5.75 Å². The Hall–Kier alpha value is -1.07. The fraction of sp³-hybridized carbons (Fsp3) is 0.571. The highest BCUT2D eigenvalue weighted by molar-refractivity contribution is 7.92. The molecule has 19 heavy (non-hydrogen) atoms. The molecule has 2 N–H and O–H groups in total. The molecular weight excluding hydrogens is 262 g/mol. The van der Waals surface area contributed by atoms with Gasteiger partial charge in [0.15, 0.2) is 9.84 Å². The Kier molecular flexibility index (Phi) is 4.32. The third kappa shape index (κ3) is 2.77. The summed E-state index contributed by atoms with van der Waals surface area (Å²) in [5, 5.41) is 0. The molecule has 0 bridgehead atoms. The minimum Gasteiger partial charge on any atom is -0.496 e. The van der Waals surface area contributed by atoms with Crippen LogP contribution >= 0.6 is 0 Å². The quantitative estimate of drug-likeness (QED) is 0.920. The third-order valence-corrected chi connectivity index (χ3v) is 6.12. The van der Waals surface area contributed by atoms with Crippen LogP contribution in [0.5, 0.6) is 5.75 Å². The number of rotatable bonds is 4. The number of sulfone groups is 1. The van der Waals surface area contributed by atoms with Crippen molar-refractivity contribution < 1.29 is 13.2 Å².